The number of anilines is 2. The Kier molecular flexibility index (Phi) is 8.22. The number of hydrogen-bond acceptors (Lipinski definition) is 6. The molecule has 11 heteroatoms. The Morgan fingerprint density at radius 1 is 1.15 bits per heavy atom. The molecule has 7 N–H and O–H groups in total. The number of carbonyl (C=O) groups excluding carboxylic acids is 1. The van der Waals surface area contributed by atoms with Crippen molar-refractivity contribution in [2.75, 3.05) is 10.3 Å². The van der Waals surface area contributed by atoms with E-state index in [-0.39, 0.29) is 29.4 Å². The molecule has 4 rings (SSSR count). The summed E-state index contributed by atoms with van der Waals surface area (Å²) in [7, 11) is 0. The van der Waals surface area contributed by atoms with Gasteiger partial charge in [0.1, 0.15) is 11.5 Å². The fraction of sp³-hybridized carbons (Fsp3) is 0.214. The lowest BCUT2D eigenvalue weighted by Gasteiger charge is -2.19. The summed E-state index contributed by atoms with van der Waals surface area (Å²) in [6.45, 7) is 5.56. The van der Waals surface area contributed by atoms with E-state index in [1.807, 2.05) is 32.9 Å². The predicted molar refractivity (Wildman–Crippen MR) is 147 cm³/mol. The van der Waals surface area contributed by atoms with Gasteiger partial charge in [-0.2, -0.15) is 0 Å². The highest BCUT2D eigenvalue weighted by molar-refractivity contribution is 6.05. The maximum Gasteiger partial charge on any atom is 0.266 e. The van der Waals surface area contributed by atoms with Crippen molar-refractivity contribution in [2.45, 2.75) is 39.8 Å². The number of H-pyrrole nitrogens is 1. The summed E-state index contributed by atoms with van der Waals surface area (Å²) >= 11 is 0. The molecule has 4 aromatic rings. The molecule has 0 fully saturated rings. The number of aryl methyl sites for hydroxylation is 1. The minimum absolute atomic E-state index is 0.0127. The molecule has 2 aromatic heterocycles. The summed E-state index contributed by atoms with van der Waals surface area (Å²) in [5.74, 6) is 4.71. The van der Waals surface area contributed by atoms with Gasteiger partial charge in [0, 0.05) is 58.9 Å². The summed E-state index contributed by atoms with van der Waals surface area (Å²) in [6, 6.07) is 10.9. The summed E-state index contributed by atoms with van der Waals surface area (Å²) < 4.78 is 41.6. The van der Waals surface area contributed by atoms with Crippen molar-refractivity contribution in [1.82, 2.24) is 15.3 Å². The van der Waals surface area contributed by atoms with E-state index in [1.165, 1.54) is 17.3 Å². The molecule has 0 spiro atoms. The summed E-state index contributed by atoms with van der Waals surface area (Å²) in [5, 5.41) is 7.79. The number of amides is 1. The Bertz CT molecular complexity index is 1530. The fourth-order valence-electron chi connectivity index (χ4n) is 4.01. The van der Waals surface area contributed by atoms with Gasteiger partial charge in [-0.15, -0.1) is 0 Å². The monoisotopic (exact) mass is 537 g/mol. The van der Waals surface area contributed by atoms with Crippen molar-refractivity contribution in [2.24, 2.45) is 11.6 Å². The molecule has 0 saturated heterocycles. The van der Waals surface area contributed by atoms with Crippen LogP contribution in [0.4, 0.5) is 24.5 Å². The van der Waals surface area contributed by atoms with Crippen LogP contribution >= 0.6 is 0 Å². The number of hydrogen-bond donors (Lipinski definition) is 5. The van der Waals surface area contributed by atoms with E-state index in [1.54, 1.807) is 30.6 Å². The SMILES string of the molecule is Cc1ccc(C(=O)Nc2cc(CNC(C)C)c(F)c(C(F)F)c2)cc1N(N)/C=C(\N)c1cnc2[nH]ccc2c1. The van der Waals surface area contributed by atoms with Crippen LogP contribution in [0.3, 0.4) is 0 Å². The van der Waals surface area contributed by atoms with E-state index in [2.05, 4.69) is 20.6 Å². The summed E-state index contributed by atoms with van der Waals surface area (Å²) in [5.41, 5.74) is 8.81. The highest BCUT2D eigenvalue weighted by Gasteiger charge is 2.20. The van der Waals surface area contributed by atoms with Crippen LogP contribution in [0.25, 0.3) is 16.7 Å². The number of nitrogens with one attached hydrogen (secondary N) is 3. The summed E-state index contributed by atoms with van der Waals surface area (Å²) in [4.78, 5) is 20.4. The maximum atomic E-state index is 14.6. The minimum Gasteiger partial charge on any atom is -0.397 e. The van der Waals surface area contributed by atoms with Gasteiger partial charge in [-0.3, -0.25) is 9.80 Å². The number of benzene rings is 2. The van der Waals surface area contributed by atoms with Crippen molar-refractivity contribution < 1.29 is 18.0 Å². The smallest absolute Gasteiger partial charge is 0.266 e. The van der Waals surface area contributed by atoms with Crippen LogP contribution in [-0.2, 0) is 6.54 Å². The van der Waals surface area contributed by atoms with Crippen LogP contribution in [0.15, 0.2) is 61.1 Å². The van der Waals surface area contributed by atoms with Crippen molar-refractivity contribution >= 4 is 34.0 Å². The van der Waals surface area contributed by atoms with Gasteiger partial charge in [0.2, 0.25) is 0 Å². The molecule has 0 radical (unpaired) electrons. The molecule has 1 amide bonds. The molecule has 204 valence electrons. The molecule has 0 atom stereocenters. The Labute approximate surface area is 223 Å². The van der Waals surface area contributed by atoms with E-state index in [4.69, 9.17) is 11.6 Å². The number of nitrogens with two attached hydrogens (primary N) is 2. The Morgan fingerprint density at radius 3 is 2.64 bits per heavy atom. The second-order valence-electron chi connectivity index (χ2n) is 9.46. The standard InChI is InChI=1S/C28H30F3N7O/c1-15(2)35-13-20-9-21(11-22(25(20)29)26(30)31)37-28(39)18-5-4-16(3)24(10-18)38(33)14-23(32)19-8-17-6-7-34-27(17)36-12-19/h4-12,14-15,26,35H,13,32-33H2,1-3H3,(H,34,36)(H,37,39)/b23-14-. The molecule has 0 aliphatic rings. The minimum atomic E-state index is -3.04. The van der Waals surface area contributed by atoms with Gasteiger partial charge in [0.15, 0.2) is 0 Å². The lowest BCUT2D eigenvalue weighted by molar-refractivity contribution is 0.102. The number of hydrazine groups is 1. The van der Waals surface area contributed by atoms with E-state index < -0.39 is 23.7 Å². The second-order valence-corrected chi connectivity index (χ2v) is 9.46. The molecule has 0 aliphatic carbocycles. The number of carbonyl (C=O) groups is 1. The van der Waals surface area contributed by atoms with E-state index in [9.17, 15) is 18.0 Å². The van der Waals surface area contributed by atoms with Crippen molar-refractivity contribution in [3.8, 4) is 0 Å². The fourth-order valence-corrected chi connectivity index (χ4v) is 4.01. The quantitative estimate of drug-likeness (QED) is 0.145. The van der Waals surface area contributed by atoms with Gasteiger partial charge in [-0.25, -0.2) is 24.0 Å². The third-order valence-corrected chi connectivity index (χ3v) is 6.13. The number of fused-ring (bicyclic) bond motifs is 1. The average Bonchev–Trinajstić information content (AvgIpc) is 3.36. The molecular weight excluding hydrogens is 507 g/mol. The first-order chi connectivity index (χ1) is 18.5. The van der Waals surface area contributed by atoms with E-state index >= 15 is 0 Å². The molecule has 0 bridgehead atoms. The Hall–Kier alpha value is -4.35. The van der Waals surface area contributed by atoms with Gasteiger partial charge in [-0.05, 0) is 48.9 Å². The lowest BCUT2D eigenvalue weighted by Crippen LogP contribution is -2.27. The van der Waals surface area contributed by atoms with Crippen LogP contribution in [0.5, 0.6) is 0 Å². The Morgan fingerprint density at radius 2 is 1.92 bits per heavy atom. The third-order valence-electron chi connectivity index (χ3n) is 6.13. The van der Waals surface area contributed by atoms with Crippen LogP contribution in [-0.4, -0.2) is 21.9 Å². The zero-order chi connectivity index (χ0) is 28.3. The van der Waals surface area contributed by atoms with Crippen LogP contribution in [0.1, 0.15) is 52.9 Å². The molecule has 0 saturated carbocycles. The first kappa shape index (κ1) is 27.7. The normalized spacial score (nSPS) is 12.0. The number of halogens is 3. The van der Waals surface area contributed by atoms with Crippen molar-refractivity contribution in [3.05, 3.63) is 94.7 Å². The second kappa shape index (κ2) is 11.6. The largest absolute Gasteiger partial charge is 0.397 e. The molecular formula is C28H30F3N7O. The zero-order valence-corrected chi connectivity index (χ0v) is 21.7. The van der Waals surface area contributed by atoms with Crippen molar-refractivity contribution in [1.29, 1.82) is 0 Å². The van der Waals surface area contributed by atoms with Gasteiger partial charge in [-0.1, -0.05) is 19.9 Å². The zero-order valence-electron chi connectivity index (χ0n) is 21.7. The number of rotatable bonds is 9. The van der Waals surface area contributed by atoms with Gasteiger partial charge < -0.3 is 21.4 Å². The number of alkyl halides is 2. The predicted octanol–water partition coefficient (Wildman–Crippen LogP) is 5.34. The number of aromatic amines is 1. The van der Waals surface area contributed by atoms with Crippen LogP contribution in [0, 0.1) is 12.7 Å². The number of nitrogens with zero attached hydrogens (tertiary/aromatic N) is 2. The topological polar surface area (TPSA) is 125 Å². The Balaban J connectivity index is 1.58. The third kappa shape index (κ3) is 6.39. The lowest BCUT2D eigenvalue weighted by atomic mass is 10.1. The summed E-state index contributed by atoms with van der Waals surface area (Å²) in [6.07, 6.45) is 1.88. The molecule has 0 unspecified atom stereocenters. The molecule has 2 heterocycles. The first-order valence-corrected chi connectivity index (χ1v) is 12.2. The van der Waals surface area contributed by atoms with Gasteiger partial charge in [0.05, 0.1) is 16.9 Å². The average molecular weight is 538 g/mol. The molecule has 2 aromatic carbocycles. The van der Waals surface area contributed by atoms with E-state index in [0.29, 0.717) is 16.9 Å². The van der Waals surface area contributed by atoms with Crippen LogP contribution < -0.4 is 27.2 Å². The van der Waals surface area contributed by atoms with Gasteiger partial charge in [0.25, 0.3) is 12.3 Å². The van der Waals surface area contributed by atoms with Gasteiger partial charge >= 0.3 is 0 Å². The molecule has 8 nitrogen and oxygen atoms in total. The first-order valence-electron chi connectivity index (χ1n) is 12.2. The molecule has 0 aliphatic heterocycles. The highest BCUT2D eigenvalue weighted by atomic mass is 19.3. The van der Waals surface area contributed by atoms with E-state index in [0.717, 1.165) is 22.7 Å². The maximum absolute atomic E-state index is 14.6. The number of pyridine rings is 1. The highest BCUT2D eigenvalue weighted by Crippen LogP contribution is 2.29. The molecule has 39 heavy (non-hydrogen) atoms. The number of aromatic nitrogens is 2. The van der Waals surface area contributed by atoms with Crippen molar-refractivity contribution in [3.63, 3.8) is 0 Å². The van der Waals surface area contributed by atoms with Crippen LogP contribution in [0.2, 0.25) is 0 Å².